The highest BCUT2D eigenvalue weighted by Crippen LogP contribution is 2.28. The molecule has 2 aromatic rings. The van der Waals surface area contributed by atoms with Crippen molar-refractivity contribution in [1.82, 2.24) is 0 Å². The van der Waals surface area contributed by atoms with Crippen molar-refractivity contribution in [3.63, 3.8) is 0 Å². The number of carbonyl (C=O) groups excluding carboxylic acids is 1. The van der Waals surface area contributed by atoms with Gasteiger partial charge < -0.3 is 0 Å². The molecular weight excluding hydrogens is 260 g/mol. The van der Waals surface area contributed by atoms with Crippen LogP contribution in [-0.2, 0) is 4.79 Å². The van der Waals surface area contributed by atoms with Gasteiger partial charge in [0.1, 0.15) is 11.6 Å². The molecule has 2 aromatic carbocycles. The molecule has 21 heavy (non-hydrogen) atoms. The van der Waals surface area contributed by atoms with Crippen LogP contribution in [0, 0.1) is 11.3 Å². The van der Waals surface area contributed by atoms with Crippen LogP contribution in [0.1, 0.15) is 17.5 Å². The van der Waals surface area contributed by atoms with E-state index >= 15 is 0 Å². The van der Waals surface area contributed by atoms with Gasteiger partial charge in [0.25, 0.3) is 5.91 Å². The third-order valence-corrected chi connectivity index (χ3v) is 3.44. The zero-order valence-electron chi connectivity index (χ0n) is 11.3. The van der Waals surface area contributed by atoms with Crippen molar-refractivity contribution in [3.05, 3.63) is 77.4 Å². The summed E-state index contributed by atoms with van der Waals surface area (Å²) in [5, 5.41) is 9.25. The van der Waals surface area contributed by atoms with Crippen molar-refractivity contribution in [3.8, 4) is 6.07 Å². The summed E-state index contributed by atoms with van der Waals surface area (Å²) in [5.41, 5.74) is 3.40. The van der Waals surface area contributed by atoms with Gasteiger partial charge >= 0.3 is 0 Å². The van der Waals surface area contributed by atoms with Crippen LogP contribution in [0.15, 0.2) is 71.2 Å². The molecule has 0 saturated heterocycles. The molecule has 0 atom stereocenters. The molecule has 0 unspecified atom stereocenters. The first-order chi connectivity index (χ1) is 10.3. The minimum Gasteiger partial charge on any atom is -0.266 e. The second-order valence-corrected chi connectivity index (χ2v) is 4.74. The second kappa shape index (κ2) is 5.56. The molecule has 3 rings (SSSR count). The average Bonchev–Trinajstić information content (AvgIpc) is 2.55. The van der Waals surface area contributed by atoms with Gasteiger partial charge in [-0.15, -0.1) is 0 Å². The van der Waals surface area contributed by atoms with Gasteiger partial charge in [-0.3, -0.25) is 4.79 Å². The SMILES string of the molecule is N#CC1=C(c2ccccc2)CC(c2ccccc2)=NC1=O. The molecule has 0 spiro atoms. The van der Waals surface area contributed by atoms with E-state index in [9.17, 15) is 10.1 Å². The summed E-state index contributed by atoms with van der Waals surface area (Å²) in [4.78, 5) is 16.2. The summed E-state index contributed by atoms with van der Waals surface area (Å²) >= 11 is 0. The fourth-order valence-corrected chi connectivity index (χ4v) is 2.40. The number of nitrogens with zero attached hydrogens (tertiary/aromatic N) is 2. The number of carbonyl (C=O) groups is 1. The highest BCUT2D eigenvalue weighted by molar-refractivity contribution is 6.21. The first-order valence-electron chi connectivity index (χ1n) is 6.65. The lowest BCUT2D eigenvalue weighted by Gasteiger charge is -2.16. The van der Waals surface area contributed by atoms with E-state index in [1.54, 1.807) is 0 Å². The van der Waals surface area contributed by atoms with Gasteiger partial charge in [0.15, 0.2) is 0 Å². The van der Waals surface area contributed by atoms with Crippen LogP contribution in [0.4, 0.5) is 0 Å². The van der Waals surface area contributed by atoms with Crippen molar-refractivity contribution >= 4 is 17.2 Å². The second-order valence-electron chi connectivity index (χ2n) is 4.74. The Hall–Kier alpha value is -2.99. The van der Waals surface area contributed by atoms with Crippen LogP contribution in [0.3, 0.4) is 0 Å². The van der Waals surface area contributed by atoms with Gasteiger partial charge in [0.2, 0.25) is 0 Å². The van der Waals surface area contributed by atoms with E-state index in [2.05, 4.69) is 4.99 Å². The largest absolute Gasteiger partial charge is 0.288 e. The van der Waals surface area contributed by atoms with Crippen molar-refractivity contribution in [2.24, 2.45) is 4.99 Å². The number of dihydropyridines is 1. The van der Waals surface area contributed by atoms with E-state index in [1.807, 2.05) is 66.7 Å². The van der Waals surface area contributed by atoms with Crippen LogP contribution in [-0.4, -0.2) is 11.6 Å². The summed E-state index contributed by atoms with van der Waals surface area (Å²) in [7, 11) is 0. The molecule has 0 saturated carbocycles. The third kappa shape index (κ3) is 2.52. The van der Waals surface area contributed by atoms with Crippen molar-refractivity contribution in [1.29, 1.82) is 5.26 Å². The number of amides is 1. The minimum absolute atomic E-state index is 0.140. The van der Waals surface area contributed by atoms with Crippen LogP contribution < -0.4 is 0 Å². The zero-order valence-corrected chi connectivity index (χ0v) is 11.3. The summed E-state index contributed by atoms with van der Waals surface area (Å²) in [6.45, 7) is 0. The molecule has 0 aromatic heterocycles. The Labute approximate surface area is 122 Å². The van der Waals surface area contributed by atoms with Crippen LogP contribution in [0.25, 0.3) is 5.57 Å². The maximum Gasteiger partial charge on any atom is 0.288 e. The third-order valence-electron chi connectivity index (χ3n) is 3.44. The van der Waals surface area contributed by atoms with Crippen LogP contribution in [0.5, 0.6) is 0 Å². The van der Waals surface area contributed by atoms with Gasteiger partial charge in [-0.1, -0.05) is 60.7 Å². The number of aliphatic imine (C=N–C) groups is 1. The molecule has 0 radical (unpaired) electrons. The first kappa shape index (κ1) is 13.0. The summed E-state index contributed by atoms with van der Waals surface area (Å²) < 4.78 is 0. The lowest BCUT2D eigenvalue weighted by Crippen LogP contribution is -2.15. The molecule has 1 aliphatic heterocycles. The molecule has 100 valence electrons. The van der Waals surface area contributed by atoms with Gasteiger partial charge in [0, 0.05) is 6.42 Å². The van der Waals surface area contributed by atoms with E-state index in [4.69, 9.17) is 0 Å². The normalized spacial score (nSPS) is 14.6. The van der Waals surface area contributed by atoms with Crippen LogP contribution in [0.2, 0.25) is 0 Å². The average molecular weight is 272 g/mol. The van der Waals surface area contributed by atoms with Crippen molar-refractivity contribution in [2.75, 3.05) is 0 Å². The molecule has 0 bridgehead atoms. The Morgan fingerprint density at radius 1 is 0.905 bits per heavy atom. The molecule has 0 fully saturated rings. The molecular formula is C18H12N2O. The number of allylic oxidation sites excluding steroid dienone is 1. The highest BCUT2D eigenvalue weighted by Gasteiger charge is 2.24. The molecule has 1 amide bonds. The van der Waals surface area contributed by atoms with Crippen molar-refractivity contribution < 1.29 is 4.79 Å². The Balaban J connectivity index is 2.07. The Morgan fingerprint density at radius 2 is 1.48 bits per heavy atom. The summed E-state index contributed by atoms with van der Waals surface area (Å²) in [6.07, 6.45) is 0.489. The topological polar surface area (TPSA) is 53.2 Å². The first-order valence-corrected chi connectivity index (χ1v) is 6.65. The molecule has 1 aliphatic rings. The standard InChI is InChI=1S/C18H12N2O/c19-12-16-15(13-7-3-1-4-8-13)11-17(20-18(16)21)14-9-5-2-6-10-14/h1-10H,11H2. The van der Waals surface area contributed by atoms with Gasteiger partial charge in [-0.25, -0.2) is 4.99 Å². The lowest BCUT2D eigenvalue weighted by molar-refractivity contribution is -0.114. The quantitative estimate of drug-likeness (QED) is 0.841. The van der Waals surface area contributed by atoms with E-state index in [0.29, 0.717) is 12.1 Å². The molecule has 1 heterocycles. The minimum atomic E-state index is -0.457. The van der Waals surface area contributed by atoms with Crippen LogP contribution >= 0.6 is 0 Å². The molecule has 0 aliphatic carbocycles. The Kier molecular flexibility index (Phi) is 3.44. The zero-order chi connectivity index (χ0) is 14.7. The fraction of sp³-hybridized carbons (Fsp3) is 0.0556. The van der Waals surface area contributed by atoms with E-state index in [1.165, 1.54) is 0 Å². The monoisotopic (exact) mass is 272 g/mol. The van der Waals surface area contributed by atoms with E-state index in [0.717, 1.165) is 16.7 Å². The molecule has 3 heteroatoms. The Bertz CT molecular complexity index is 781. The smallest absolute Gasteiger partial charge is 0.266 e. The van der Waals surface area contributed by atoms with E-state index < -0.39 is 5.91 Å². The molecule has 0 N–H and O–H groups in total. The number of hydrogen-bond donors (Lipinski definition) is 0. The Morgan fingerprint density at radius 3 is 2.05 bits per heavy atom. The maximum atomic E-state index is 12.1. The van der Waals surface area contributed by atoms with Gasteiger partial charge in [-0.2, -0.15) is 5.26 Å². The van der Waals surface area contributed by atoms with E-state index in [-0.39, 0.29) is 5.57 Å². The maximum absolute atomic E-state index is 12.1. The molecule has 3 nitrogen and oxygen atoms in total. The summed E-state index contributed by atoms with van der Waals surface area (Å²) in [6, 6.07) is 21.1. The number of nitriles is 1. The fourth-order valence-electron chi connectivity index (χ4n) is 2.40. The predicted molar refractivity (Wildman–Crippen MR) is 81.6 cm³/mol. The number of benzene rings is 2. The van der Waals surface area contributed by atoms with Crippen molar-refractivity contribution in [2.45, 2.75) is 6.42 Å². The van der Waals surface area contributed by atoms with Gasteiger partial charge in [-0.05, 0) is 16.7 Å². The summed E-state index contributed by atoms with van der Waals surface area (Å²) in [5.74, 6) is -0.457. The highest BCUT2D eigenvalue weighted by atomic mass is 16.1. The number of rotatable bonds is 2. The predicted octanol–water partition coefficient (Wildman–Crippen LogP) is 3.38. The van der Waals surface area contributed by atoms with Gasteiger partial charge in [0.05, 0.1) is 5.71 Å². The lowest BCUT2D eigenvalue weighted by atomic mass is 9.90. The number of hydrogen-bond acceptors (Lipinski definition) is 2.